The molecule has 0 saturated heterocycles. The van der Waals surface area contributed by atoms with Gasteiger partial charge in [-0.3, -0.25) is 0 Å². The summed E-state index contributed by atoms with van der Waals surface area (Å²) < 4.78 is 0. The molecule has 0 unspecified atom stereocenters. The molecule has 0 fully saturated rings. The van der Waals surface area contributed by atoms with Gasteiger partial charge in [-0.1, -0.05) is 203 Å². The van der Waals surface area contributed by atoms with Crippen molar-refractivity contribution in [1.82, 2.24) is 0 Å². The van der Waals surface area contributed by atoms with Gasteiger partial charge in [-0.15, -0.1) is 0 Å². The van der Waals surface area contributed by atoms with E-state index >= 15 is 0 Å². The van der Waals surface area contributed by atoms with E-state index in [0.717, 1.165) is 36.3 Å². The summed E-state index contributed by atoms with van der Waals surface area (Å²) in [7, 11) is 0. The lowest BCUT2D eigenvalue weighted by molar-refractivity contribution is 0.781. The van der Waals surface area contributed by atoms with Crippen LogP contribution in [0.1, 0.15) is 67.0 Å². The van der Waals surface area contributed by atoms with Crippen molar-refractivity contribution in [2.24, 2.45) is 0 Å². The highest BCUT2D eigenvalue weighted by Crippen LogP contribution is 2.63. The van der Waals surface area contributed by atoms with Crippen LogP contribution in [-0.4, -0.2) is 0 Å². The van der Waals surface area contributed by atoms with E-state index in [1.54, 1.807) is 0 Å². The van der Waals surface area contributed by atoms with Crippen LogP contribution in [0, 0.1) is 6.92 Å². The predicted molar refractivity (Wildman–Crippen MR) is 285 cm³/mol. The Morgan fingerprint density at radius 1 is 0.418 bits per heavy atom. The number of aryl methyl sites for hydroxylation is 1. The topological polar surface area (TPSA) is 3.24 Å². The Hall–Kier alpha value is -7.74. The van der Waals surface area contributed by atoms with E-state index in [4.69, 9.17) is 0 Å². The van der Waals surface area contributed by atoms with E-state index in [9.17, 15) is 0 Å². The van der Waals surface area contributed by atoms with Crippen LogP contribution in [0.4, 0.5) is 17.1 Å². The molecule has 1 nitrogen and oxygen atoms in total. The van der Waals surface area contributed by atoms with Crippen LogP contribution in [0.3, 0.4) is 0 Å². The Kier molecular flexibility index (Phi) is 11.0. The number of rotatable bonds is 8. The van der Waals surface area contributed by atoms with Crippen molar-refractivity contribution in [2.45, 2.75) is 52.4 Å². The molecule has 3 aliphatic carbocycles. The van der Waals surface area contributed by atoms with E-state index in [1.807, 2.05) is 13.8 Å². The maximum absolute atomic E-state index is 2.51. The van der Waals surface area contributed by atoms with Crippen LogP contribution >= 0.6 is 0 Å². The van der Waals surface area contributed by atoms with Crippen molar-refractivity contribution >= 4 is 22.6 Å². The lowest BCUT2D eigenvalue weighted by Crippen LogP contribution is -2.27. The fraction of sp³-hybridized carbons (Fsp3) is 0.121. The molecule has 9 aromatic carbocycles. The van der Waals surface area contributed by atoms with Crippen molar-refractivity contribution in [2.75, 3.05) is 4.90 Å². The monoisotopic (exact) mass is 861 g/mol. The second-order valence-corrected chi connectivity index (χ2v) is 17.8. The van der Waals surface area contributed by atoms with Gasteiger partial charge in [0.05, 0.1) is 5.41 Å². The standard InChI is InChI=1S/C64H49N.C2H6/c1-3-44-16-7-8-19-55(44)54-24-15-23-53(43(54)2)48-32-39-52(40-33-48)65(50-35-28-46(29-36-50)45-17-5-4-6-18-45)51-37-30-47(31-38-51)49-34-41-59-58-22-11-14-27-62(58)64(63(59)42-49)60-25-12-9-20-56(60)57-21-10-13-26-61(57)64;1-2/h4-10,12-21,23-42H,3,11,22H2,1-2H3;1-2H3. The van der Waals surface area contributed by atoms with Crippen LogP contribution in [0.15, 0.2) is 230 Å². The van der Waals surface area contributed by atoms with Crippen molar-refractivity contribution in [1.29, 1.82) is 0 Å². The molecule has 1 heteroatoms. The van der Waals surface area contributed by atoms with Crippen LogP contribution in [0.2, 0.25) is 0 Å². The number of benzene rings is 9. The lowest BCUT2D eigenvalue weighted by atomic mass is 9.69. The summed E-state index contributed by atoms with van der Waals surface area (Å²) in [6.07, 6.45) is 7.98. The molecule has 0 amide bonds. The first-order valence-corrected chi connectivity index (χ1v) is 24.2. The number of hydrogen-bond donors (Lipinski definition) is 0. The third kappa shape index (κ3) is 6.92. The van der Waals surface area contributed by atoms with Crippen molar-refractivity contribution in [3.63, 3.8) is 0 Å². The third-order valence-electron chi connectivity index (χ3n) is 14.4. The van der Waals surface area contributed by atoms with E-state index in [-0.39, 0.29) is 5.41 Å². The Morgan fingerprint density at radius 2 is 0.910 bits per heavy atom. The van der Waals surface area contributed by atoms with Crippen molar-refractivity contribution < 1.29 is 0 Å². The summed E-state index contributed by atoms with van der Waals surface area (Å²) in [6.45, 7) is 8.50. The Bertz CT molecular complexity index is 3280. The molecular formula is C66H55N. The Balaban J connectivity index is 0.00000244. The zero-order valence-electron chi connectivity index (χ0n) is 38.9. The third-order valence-corrected chi connectivity index (χ3v) is 14.4. The first-order valence-electron chi connectivity index (χ1n) is 24.2. The summed E-state index contributed by atoms with van der Waals surface area (Å²) in [5, 5.41) is 0. The fourth-order valence-electron chi connectivity index (χ4n) is 11.4. The van der Waals surface area contributed by atoms with E-state index < -0.39 is 0 Å². The second kappa shape index (κ2) is 17.6. The SMILES string of the molecule is CC.CCc1ccccc1-c1cccc(-c2ccc(N(c3ccc(-c4ccccc4)cc3)c3ccc(-c4ccc5c(c4)C4(C6=C5CCC=C6)c5ccccc5-c5ccccc54)cc3)cc2)c1C. The van der Waals surface area contributed by atoms with Crippen LogP contribution in [-0.2, 0) is 11.8 Å². The van der Waals surface area contributed by atoms with Gasteiger partial charge in [0, 0.05) is 17.1 Å². The summed E-state index contributed by atoms with van der Waals surface area (Å²) in [4.78, 5) is 2.39. The highest BCUT2D eigenvalue weighted by atomic mass is 15.1. The average Bonchev–Trinajstić information content (AvgIpc) is 3.87. The van der Waals surface area contributed by atoms with Crippen molar-refractivity contribution in [3.05, 3.63) is 263 Å². The molecule has 0 radical (unpaired) electrons. The maximum atomic E-state index is 2.51. The van der Waals surface area contributed by atoms with Gasteiger partial charge in [-0.25, -0.2) is 0 Å². The van der Waals surface area contributed by atoms with Gasteiger partial charge in [0.1, 0.15) is 0 Å². The van der Waals surface area contributed by atoms with Gasteiger partial charge >= 0.3 is 0 Å². The van der Waals surface area contributed by atoms with Crippen LogP contribution < -0.4 is 4.90 Å². The number of anilines is 3. The summed E-state index contributed by atoms with van der Waals surface area (Å²) in [5.41, 5.74) is 26.9. The zero-order valence-corrected chi connectivity index (χ0v) is 38.9. The minimum Gasteiger partial charge on any atom is -0.311 e. The molecule has 0 aromatic heterocycles. The minimum absolute atomic E-state index is 0.320. The van der Waals surface area contributed by atoms with Gasteiger partial charge in [0.15, 0.2) is 0 Å². The Morgan fingerprint density at radius 3 is 1.54 bits per heavy atom. The molecular weight excluding hydrogens is 807 g/mol. The van der Waals surface area contributed by atoms with Crippen LogP contribution in [0.5, 0.6) is 0 Å². The maximum Gasteiger partial charge on any atom is 0.0722 e. The molecule has 3 aliphatic rings. The molecule has 0 N–H and O–H groups in total. The van der Waals surface area contributed by atoms with Gasteiger partial charge in [-0.2, -0.15) is 0 Å². The smallest absolute Gasteiger partial charge is 0.0722 e. The van der Waals surface area contributed by atoms with Gasteiger partial charge in [0.25, 0.3) is 0 Å². The molecule has 324 valence electrons. The second-order valence-electron chi connectivity index (χ2n) is 17.8. The summed E-state index contributed by atoms with van der Waals surface area (Å²) in [6, 6.07) is 79.0. The molecule has 67 heavy (non-hydrogen) atoms. The van der Waals surface area contributed by atoms with E-state index in [1.165, 1.54) is 100 Å². The average molecular weight is 862 g/mol. The van der Waals surface area contributed by atoms with Gasteiger partial charge < -0.3 is 4.90 Å². The minimum atomic E-state index is -0.320. The van der Waals surface area contributed by atoms with Crippen LogP contribution in [0.25, 0.3) is 61.2 Å². The molecule has 1 spiro atoms. The number of hydrogen-bond acceptors (Lipinski definition) is 1. The molecule has 0 aliphatic heterocycles. The number of nitrogens with zero attached hydrogens (tertiary/aromatic N) is 1. The van der Waals surface area contributed by atoms with Gasteiger partial charge in [-0.05, 0) is 169 Å². The van der Waals surface area contributed by atoms with Crippen molar-refractivity contribution in [3.8, 4) is 55.6 Å². The van der Waals surface area contributed by atoms with E-state index in [0.29, 0.717) is 0 Å². The predicted octanol–water partition coefficient (Wildman–Crippen LogP) is 18.2. The highest BCUT2D eigenvalue weighted by Gasteiger charge is 2.52. The first kappa shape index (κ1) is 41.9. The summed E-state index contributed by atoms with van der Waals surface area (Å²) >= 11 is 0. The quantitative estimate of drug-likeness (QED) is 0.147. The first-order chi connectivity index (χ1) is 33.1. The lowest BCUT2D eigenvalue weighted by Gasteiger charge is -2.32. The highest BCUT2D eigenvalue weighted by molar-refractivity contribution is 5.97. The van der Waals surface area contributed by atoms with Gasteiger partial charge in [0.2, 0.25) is 0 Å². The molecule has 0 heterocycles. The zero-order chi connectivity index (χ0) is 45.5. The largest absolute Gasteiger partial charge is 0.311 e. The molecule has 0 saturated carbocycles. The molecule has 12 rings (SSSR count). The molecule has 0 bridgehead atoms. The summed E-state index contributed by atoms with van der Waals surface area (Å²) in [5.74, 6) is 0. The molecule has 0 atom stereocenters. The fourth-order valence-corrected chi connectivity index (χ4v) is 11.4. The number of fused-ring (bicyclic) bond motifs is 9. The number of allylic oxidation sites excluding steroid dienone is 4. The van der Waals surface area contributed by atoms with E-state index in [2.05, 4.69) is 243 Å². The molecule has 9 aromatic rings. The Labute approximate surface area is 397 Å². The normalized spacial score (nSPS) is 13.6.